The molecule has 2 aromatic heterocycles. The summed E-state index contributed by atoms with van der Waals surface area (Å²) in [5, 5.41) is 11.1. The van der Waals surface area contributed by atoms with Gasteiger partial charge in [-0.2, -0.15) is 5.10 Å². The van der Waals surface area contributed by atoms with E-state index in [-0.39, 0.29) is 17.6 Å². The van der Waals surface area contributed by atoms with Gasteiger partial charge in [0.1, 0.15) is 17.7 Å². The third kappa shape index (κ3) is 11.4. The highest BCUT2D eigenvalue weighted by molar-refractivity contribution is 6.31. The van der Waals surface area contributed by atoms with E-state index in [9.17, 15) is 9.59 Å². The van der Waals surface area contributed by atoms with Crippen LogP contribution < -0.4 is 15.4 Å². The molecule has 1 aliphatic carbocycles. The van der Waals surface area contributed by atoms with E-state index in [2.05, 4.69) is 32.9 Å². The summed E-state index contributed by atoms with van der Waals surface area (Å²) in [6.07, 6.45) is 14.4. The van der Waals surface area contributed by atoms with Crippen LogP contribution in [0, 0.1) is 5.92 Å². The molecule has 0 spiro atoms. The Morgan fingerprint density at radius 1 is 1.14 bits per heavy atom. The summed E-state index contributed by atoms with van der Waals surface area (Å²) >= 11 is 6.38. The summed E-state index contributed by atoms with van der Waals surface area (Å²) < 4.78 is 12.9. The van der Waals surface area contributed by atoms with Crippen molar-refractivity contribution in [1.82, 2.24) is 25.4 Å². The number of carbonyl (C=O) groups is 2. The average Bonchev–Trinajstić information content (AvgIpc) is 3.76. The molecule has 1 aromatic carbocycles. The lowest BCUT2D eigenvalue weighted by Crippen LogP contribution is -2.39. The number of likely N-dealkylation sites (N-methyl/N-ethyl adjacent to an activating group) is 1. The van der Waals surface area contributed by atoms with Crippen LogP contribution >= 0.6 is 11.6 Å². The Labute approximate surface area is 253 Å². The van der Waals surface area contributed by atoms with E-state index in [0.717, 1.165) is 53.8 Å². The maximum absolute atomic E-state index is 11.9. The fraction of sp³-hybridized carbons (Fsp3) is 0.438. The van der Waals surface area contributed by atoms with Gasteiger partial charge in [0.2, 0.25) is 0 Å². The number of nitrogens with zero attached hydrogens (tertiary/aromatic N) is 3. The molecule has 10 heteroatoms. The largest absolute Gasteiger partial charge is 0.493 e. The molecule has 3 heterocycles. The predicted octanol–water partition coefficient (Wildman–Crippen LogP) is 5.44. The first-order chi connectivity index (χ1) is 20.5. The van der Waals surface area contributed by atoms with E-state index in [0.29, 0.717) is 31.6 Å². The summed E-state index contributed by atoms with van der Waals surface area (Å²) in [7, 11) is 1.92. The summed E-state index contributed by atoms with van der Waals surface area (Å²) in [6.45, 7) is 7.65. The van der Waals surface area contributed by atoms with E-state index in [4.69, 9.17) is 21.1 Å². The van der Waals surface area contributed by atoms with Crippen molar-refractivity contribution in [2.45, 2.75) is 52.1 Å². The summed E-state index contributed by atoms with van der Waals surface area (Å²) in [6, 6.07) is 9.10. The minimum absolute atomic E-state index is 0.137. The van der Waals surface area contributed by atoms with Gasteiger partial charge < -0.3 is 20.1 Å². The monoisotopic (exact) mass is 595 g/mol. The molecule has 0 bridgehead atoms. The minimum Gasteiger partial charge on any atom is -0.493 e. The van der Waals surface area contributed by atoms with Crippen LogP contribution in [-0.2, 0) is 11.3 Å². The second-order valence-corrected chi connectivity index (χ2v) is 10.3. The molecule has 9 nitrogen and oxygen atoms in total. The molecule has 0 atom stereocenters. The number of aldehydes is 1. The highest BCUT2D eigenvalue weighted by Crippen LogP contribution is 2.30. The van der Waals surface area contributed by atoms with Crippen LogP contribution in [0.15, 0.2) is 55.0 Å². The normalized spacial score (nSPS) is 14.8. The van der Waals surface area contributed by atoms with Crippen LogP contribution in [0.4, 0.5) is 0 Å². The maximum Gasteiger partial charge on any atom is 0.270 e. The number of aromatic nitrogens is 3. The molecule has 1 saturated heterocycles. The number of hydrogen-bond acceptors (Lipinski definition) is 7. The third-order valence-electron chi connectivity index (χ3n) is 6.53. The van der Waals surface area contributed by atoms with Crippen LogP contribution in [0.3, 0.4) is 0 Å². The molecule has 1 aliphatic heterocycles. The van der Waals surface area contributed by atoms with Crippen molar-refractivity contribution in [2.75, 3.05) is 33.4 Å². The van der Waals surface area contributed by atoms with Crippen molar-refractivity contribution in [1.29, 1.82) is 0 Å². The lowest BCUT2D eigenvalue weighted by molar-refractivity contribution is 0.0694. The van der Waals surface area contributed by atoms with Gasteiger partial charge >= 0.3 is 0 Å². The Kier molecular flexibility index (Phi) is 14.2. The van der Waals surface area contributed by atoms with Crippen molar-refractivity contribution >= 4 is 29.9 Å². The Hall–Kier alpha value is -3.53. The molecule has 2 N–H and O–H groups in total. The van der Waals surface area contributed by atoms with E-state index in [1.807, 2.05) is 56.2 Å². The number of benzene rings is 1. The van der Waals surface area contributed by atoms with Crippen molar-refractivity contribution in [3.05, 3.63) is 82.4 Å². The van der Waals surface area contributed by atoms with Crippen LogP contribution in [0.5, 0.6) is 5.75 Å². The zero-order valence-corrected chi connectivity index (χ0v) is 25.5. The van der Waals surface area contributed by atoms with Crippen LogP contribution in [0.1, 0.15) is 71.5 Å². The van der Waals surface area contributed by atoms with E-state index >= 15 is 0 Å². The number of pyridine rings is 1. The first-order valence-electron chi connectivity index (χ1n) is 14.6. The minimum atomic E-state index is -0.236. The Balaban J connectivity index is 0.000000227. The van der Waals surface area contributed by atoms with Gasteiger partial charge in [0.25, 0.3) is 5.91 Å². The van der Waals surface area contributed by atoms with Gasteiger partial charge in [-0.15, -0.1) is 0 Å². The van der Waals surface area contributed by atoms with Gasteiger partial charge in [0.15, 0.2) is 0 Å². The smallest absolute Gasteiger partial charge is 0.270 e. The second-order valence-electron chi connectivity index (χ2n) is 9.89. The number of ether oxygens (including phenoxy) is 2. The quantitative estimate of drug-likeness (QED) is 0.284. The molecule has 1 saturated carbocycles. The molecule has 226 valence electrons. The van der Waals surface area contributed by atoms with Crippen molar-refractivity contribution in [3.8, 4) is 5.75 Å². The number of carbonyl (C=O) groups excluding carboxylic acids is 2. The zero-order valence-electron chi connectivity index (χ0n) is 24.7. The fourth-order valence-corrected chi connectivity index (χ4v) is 4.26. The number of amides is 1. The highest BCUT2D eigenvalue weighted by atomic mass is 35.5. The van der Waals surface area contributed by atoms with Crippen molar-refractivity contribution in [3.63, 3.8) is 0 Å². The molecular formula is C32H42ClN5O4. The predicted molar refractivity (Wildman–Crippen MR) is 166 cm³/mol. The van der Waals surface area contributed by atoms with Gasteiger partial charge in [-0.25, -0.2) is 0 Å². The van der Waals surface area contributed by atoms with Crippen molar-refractivity contribution < 1.29 is 19.1 Å². The Morgan fingerprint density at radius 3 is 2.62 bits per heavy atom. The summed E-state index contributed by atoms with van der Waals surface area (Å²) in [5.41, 5.74) is 2.86. The molecule has 0 radical (unpaired) electrons. The molecule has 42 heavy (non-hydrogen) atoms. The summed E-state index contributed by atoms with van der Waals surface area (Å²) in [4.78, 5) is 26.4. The van der Waals surface area contributed by atoms with Gasteiger partial charge in [-0.1, -0.05) is 43.7 Å². The van der Waals surface area contributed by atoms with E-state index in [1.165, 1.54) is 25.1 Å². The lowest BCUT2D eigenvalue weighted by atomic mass is 10.1. The SMILES string of the molecule is CC.CNC/C=C/c1cnn(Cc2ccc(OCC3CC3)cc2Cl)c1.O=Cc1ccnc(C(=O)NC2CCOCC2)c1. The molecule has 1 amide bonds. The first kappa shape index (κ1) is 33.0. The number of halogens is 1. The number of rotatable bonds is 11. The first-order valence-corrected chi connectivity index (χ1v) is 15.0. The molecule has 2 fully saturated rings. The van der Waals surface area contributed by atoms with Gasteiger partial charge in [-0.3, -0.25) is 19.3 Å². The maximum atomic E-state index is 11.9. The van der Waals surface area contributed by atoms with E-state index in [1.54, 1.807) is 6.07 Å². The summed E-state index contributed by atoms with van der Waals surface area (Å²) in [5.74, 6) is 1.36. The second kappa shape index (κ2) is 18.1. The lowest BCUT2D eigenvalue weighted by Gasteiger charge is -2.22. The molecule has 0 unspecified atom stereocenters. The standard InChI is InChI=1S/C18H22ClN3O.C12H14N2O3.C2H6/c1-20-8-2-3-15-10-21-22(11-15)12-16-6-7-17(9-18(16)19)23-13-14-4-5-14;15-8-9-1-4-13-11(7-9)12(16)14-10-2-5-17-6-3-10;1-2/h2-3,6-7,9-11,14,20H,4-5,8,12-13H2,1H3;1,4,7-8,10H,2-3,5-6H2,(H,14,16);1-2H3/b3-2+;;. The number of hydrogen-bond donors (Lipinski definition) is 2. The zero-order chi connectivity index (χ0) is 30.2. The fourth-order valence-electron chi connectivity index (χ4n) is 4.03. The average molecular weight is 596 g/mol. The van der Waals surface area contributed by atoms with Gasteiger partial charge in [0, 0.05) is 54.3 Å². The van der Waals surface area contributed by atoms with Gasteiger partial charge in [-0.05, 0) is 68.5 Å². The molecular weight excluding hydrogens is 554 g/mol. The topological polar surface area (TPSA) is 107 Å². The molecule has 3 aromatic rings. The Morgan fingerprint density at radius 2 is 1.93 bits per heavy atom. The highest BCUT2D eigenvalue weighted by Gasteiger charge is 2.22. The molecule has 2 aliphatic rings. The van der Waals surface area contributed by atoms with Crippen LogP contribution in [0.25, 0.3) is 6.08 Å². The van der Waals surface area contributed by atoms with Gasteiger partial charge in [0.05, 0.1) is 19.3 Å². The number of nitrogens with one attached hydrogen (secondary N) is 2. The van der Waals surface area contributed by atoms with Crippen molar-refractivity contribution in [2.24, 2.45) is 5.92 Å². The van der Waals surface area contributed by atoms with Crippen LogP contribution in [-0.4, -0.2) is 66.4 Å². The molecule has 5 rings (SSSR count). The van der Waals surface area contributed by atoms with E-state index < -0.39 is 0 Å². The van der Waals surface area contributed by atoms with Crippen LogP contribution in [0.2, 0.25) is 5.02 Å². The Bertz CT molecular complexity index is 1290. The third-order valence-corrected chi connectivity index (χ3v) is 6.89.